The first-order chi connectivity index (χ1) is 13.1. The zero-order valence-electron chi connectivity index (χ0n) is 14.5. The summed E-state index contributed by atoms with van der Waals surface area (Å²) in [7, 11) is 0. The highest BCUT2D eigenvalue weighted by Crippen LogP contribution is 2.31. The average molecular weight is 380 g/mol. The molecule has 6 nitrogen and oxygen atoms in total. The second-order valence-corrected chi connectivity index (χ2v) is 7.07. The van der Waals surface area contributed by atoms with Crippen molar-refractivity contribution < 1.29 is 14.3 Å². The quantitative estimate of drug-likeness (QED) is 0.565. The molecule has 1 aromatic carbocycles. The fourth-order valence-corrected chi connectivity index (χ4v) is 4.02. The minimum atomic E-state index is -1.14. The average Bonchev–Trinajstić information content (AvgIpc) is 3.32. The van der Waals surface area contributed by atoms with Crippen LogP contribution in [0.5, 0.6) is 0 Å². The Labute approximate surface area is 158 Å². The van der Waals surface area contributed by atoms with Crippen LogP contribution < -0.4 is 5.56 Å². The molecule has 0 amide bonds. The Bertz CT molecular complexity index is 1190. The number of nitrogens with zero attached hydrogens (tertiary/aromatic N) is 2. The SMILES string of the molecule is CCc1nc2sc(-c3ccccc3)cc2c(=O)n1Cc1ccc(C(=O)O)o1. The van der Waals surface area contributed by atoms with Crippen molar-refractivity contribution in [2.75, 3.05) is 0 Å². The van der Waals surface area contributed by atoms with Crippen molar-refractivity contribution in [1.29, 1.82) is 0 Å². The molecule has 27 heavy (non-hydrogen) atoms. The molecule has 3 aromatic heterocycles. The van der Waals surface area contributed by atoms with Gasteiger partial charge in [-0.15, -0.1) is 11.3 Å². The molecule has 3 heterocycles. The molecular weight excluding hydrogens is 364 g/mol. The Morgan fingerprint density at radius 2 is 2.00 bits per heavy atom. The van der Waals surface area contributed by atoms with Gasteiger partial charge in [0.25, 0.3) is 5.56 Å². The van der Waals surface area contributed by atoms with Crippen LogP contribution in [0.2, 0.25) is 0 Å². The highest BCUT2D eigenvalue weighted by molar-refractivity contribution is 7.21. The predicted octanol–water partition coefficient (Wildman–Crippen LogP) is 4.03. The molecule has 136 valence electrons. The fraction of sp³-hybridized carbons (Fsp3) is 0.150. The summed E-state index contributed by atoms with van der Waals surface area (Å²) in [6.45, 7) is 2.08. The molecular formula is C20H16N2O4S. The number of aromatic carboxylic acids is 1. The van der Waals surface area contributed by atoms with Gasteiger partial charge in [0.15, 0.2) is 0 Å². The maximum Gasteiger partial charge on any atom is 0.371 e. The Balaban J connectivity index is 1.81. The fourth-order valence-electron chi connectivity index (χ4n) is 2.97. The molecule has 0 atom stereocenters. The molecule has 7 heteroatoms. The number of thiophene rings is 1. The summed E-state index contributed by atoms with van der Waals surface area (Å²) in [4.78, 5) is 30.4. The van der Waals surface area contributed by atoms with E-state index in [-0.39, 0.29) is 17.9 Å². The summed E-state index contributed by atoms with van der Waals surface area (Å²) in [5.41, 5.74) is 0.894. The Kier molecular flexibility index (Phi) is 4.37. The number of furan rings is 1. The first-order valence-corrected chi connectivity index (χ1v) is 9.29. The van der Waals surface area contributed by atoms with Crippen molar-refractivity contribution in [1.82, 2.24) is 9.55 Å². The second-order valence-electron chi connectivity index (χ2n) is 6.04. The number of fused-ring (bicyclic) bond motifs is 1. The minimum Gasteiger partial charge on any atom is -0.475 e. The Morgan fingerprint density at radius 3 is 2.67 bits per heavy atom. The Morgan fingerprint density at radius 1 is 1.22 bits per heavy atom. The van der Waals surface area contributed by atoms with Crippen molar-refractivity contribution in [3.63, 3.8) is 0 Å². The van der Waals surface area contributed by atoms with Crippen LogP contribution in [0.25, 0.3) is 20.7 Å². The number of carboxylic acids is 1. The van der Waals surface area contributed by atoms with E-state index in [1.165, 1.54) is 17.4 Å². The first-order valence-electron chi connectivity index (χ1n) is 8.47. The van der Waals surface area contributed by atoms with E-state index in [9.17, 15) is 9.59 Å². The maximum atomic E-state index is 13.1. The van der Waals surface area contributed by atoms with Crippen molar-refractivity contribution in [3.8, 4) is 10.4 Å². The molecule has 0 aliphatic carbocycles. The van der Waals surface area contributed by atoms with Gasteiger partial charge in [-0.1, -0.05) is 37.3 Å². The molecule has 0 saturated carbocycles. The van der Waals surface area contributed by atoms with Crippen LogP contribution in [0.3, 0.4) is 0 Å². The summed E-state index contributed by atoms with van der Waals surface area (Å²) in [5, 5.41) is 9.56. The smallest absolute Gasteiger partial charge is 0.371 e. The molecule has 0 radical (unpaired) electrons. The number of benzene rings is 1. The number of hydrogen-bond acceptors (Lipinski definition) is 5. The van der Waals surface area contributed by atoms with E-state index in [4.69, 9.17) is 9.52 Å². The van der Waals surface area contributed by atoms with Gasteiger partial charge in [0.1, 0.15) is 16.4 Å². The molecule has 0 fully saturated rings. The van der Waals surface area contributed by atoms with E-state index in [0.717, 1.165) is 10.4 Å². The molecule has 4 rings (SSSR count). The van der Waals surface area contributed by atoms with Crippen LogP contribution in [0.4, 0.5) is 0 Å². The maximum absolute atomic E-state index is 13.1. The van der Waals surface area contributed by atoms with Gasteiger partial charge in [-0.2, -0.15) is 0 Å². The topological polar surface area (TPSA) is 85.3 Å². The lowest BCUT2D eigenvalue weighted by atomic mass is 10.2. The lowest BCUT2D eigenvalue weighted by Crippen LogP contribution is -2.25. The van der Waals surface area contributed by atoms with Crippen LogP contribution in [0.1, 0.15) is 29.1 Å². The van der Waals surface area contributed by atoms with Crippen molar-refractivity contribution in [2.45, 2.75) is 19.9 Å². The standard InChI is InChI=1S/C20H16N2O4S/c1-2-17-21-18-14(10-16(27-18)12-6-4-3-5-7-12)19(23)22(17)11-13-8-9-15(26-13)20(24)25/h3-10H,2,11H2,1H3,(H,24,25). The predicted molar refractivity (Wildman–Crippen MR) is 103 cm³/mol. The van der Waals surface area contributed by atoms with Gasteiger partial charge in [0.2, 0.25) is 5.76 Å². The van der Waals surface area contributed by atoms with Gasteiger partial charge in [-0.25, -0.2) is 9.78 Å². The van der Waals surface area contributed by atoms with Gasteiger partial charge in [-0.3, -0.25) is 9.36 Å². The van der Waals surface area contributed by atoms with E-state index in [1.54, 1.807) is 10.6 Å². The minimum absolute atomic E-state index is 0.146. The number of aromatic nitrogens is 2. The van der Waals surface area contributed by atoms with Gasteiger partial charge < -0.3 is 9.52 Å². The number of aryl methyl sites for hydroxylation is 1. The summed E-state index contributed by atoms with van der Waals surface area (Å²) in [6, 6.07) is 14.7. The first kappa shape index (κ1) is 17.2. The number of carbonyl (C=O) groups is 1. The number of hydrogen-bond donors (Lipinski definition) is 1. The van der Waals surface area contributed by atoms with E-state index in [1.807, 2.05) is 43.3 Å². The van der Waals surface area contributed by atoms with Crippen molar-refractivity contribution in [3.05, 3.63) is 76.2 Å². The van der Waals surface area contributed by atoms with E-state index in [0.29, 0.717) is 28.2 Å². The van der Waals surface area contributed by atoms with Crippen LogP contribution in [0, 0.1) is 0 Å². The van der Waals surface area contributed by atoms with Gasteiger partial charge in [-0.05, 0) is 23.8 Å². The highest BCUT2D eigenvalue weighted by atomic mass is 32.1. The summed E-state index contributed by atoms with van der Waals surface area (Å²) < 4.78 is 6.86. The lowest BCUT2D eigenvalue weighted by Gasteiger charge is -2.09. The second kappa shape index (κ2) is 6.85. The van der Waals surface area contributed by atoms with E-state index < -0.39 is 5.97 Å². The van der Waals surface area contributed by atoms with E-state index >= 15 is 0 Å². The van der Waals surface area contributed by atoms with Crippen LogP contribution in [0.15, 0.2) is 57.7 Å². The summed E-state index contributed by atoms with van der Waals surface area (Å²) in [5.74, 6) is -0.235. The zero-order valence-corrected chi connectivity index (χ0v) is 15.3. The third-order valence-electron chi connectivity index (χ3n) is 4.29. The summed E-state index contributed by atoms with van der Waals surface area (Å²) >= 11 is 1.49. The third-order valence-corrected chi connectivity index (χ3v) is 5.37. The van der Waals surface area contributed by atoms with Crippen LogP contribution >= 0.6 is 11.3 Å². The van der Waals surface area contributed by atoms with Gasteiger partial charge in [0.05, 0.1) is 11.9 Å². The van der Waals surface area contributed by atoms with Crippen molar-refractivity contribution in [2.24, 2.45) is 0 Å². The van der Waals surface area contributed by atoms with Crippen LogP contribution in [-0.4, -0.2) is 20.6 Å². The zero-order chi connectivity index (χ0) is 19.0. The molecule has 4 aromatic rings. The van der Waals surface area contributed by atoms with Crippen molar-refractivity contribution >= 4 is 27.5 Å². The van der Waals surface area contributed by atoms with Gasteiger partial charge >= 0.3 is 5.97 Å². The molecule has 0 unspecified atom stereocenters. The molecule has 0 aliphatic rings. The lowest BCUT2D eigenvalue weighted by molar-refractivity contribution is 0.0660. The molecule has 0 bridgehead atoms. The molecule has 0 aliphatic heterocycles. The largest absolute Gasteiger partial charge is 0.475 e. The van der Waals surface area contributed by atoms with Gasteiger partial charge in [0, 0.05) is 11.3 Å². The molecule has 0 spiro atoms. The third kappa shape index (κ3) is 3.17. The molecule has 1 N–H and O–H groups in total. The van der Waals surface area contributed by atoms with Crippen LogP contribution in [-0.2, 0) is 13.0 Å². The molecule has 0 saturated heterocycles. The van der Waals surface area contributed by atoms with E-state index in [2.05, 4.69) is 4.98 Å². The number of carboxylic acid groups (broad SMARTS) is 1. The number of rotatable bonds is 5. The highest BCUT2D eigenvalue weighted by Gasteiger charge is 2.16. The summed E-state index contributed by atoms with van der Waals surface area (Å²) in [6.07, 6.45) is 0.580. The monoisotopic (exact) mass is 380 g/mol. The Hall–Kier alpha value is -3.19. The normalized spacial score (nSPS) is 11.1.